The molecule has 0 spiro atoms. The van der Waals surface area contributed by atoms with Gasteiger partial charge >= 0.3 is 0 Å². The van der Waals surface area contributed by atoms with Gasteiger partial charge in [-0.05, 0) is 19.1 Å². The van der Waals surface area contributed by atoms with Gasteiger partial charge in [0, 0.05) is 6.42 Å². The van der Waals surface area contributed by atoms with Gasteiger partial charge in [0.05, 0.1) is 0 Å². The SMILES string of the molecule is CC1([O])C=CC=C(F)C1. The molecule has 0 aromatic carbocycles. The third-order valence-corrected chi connectivity index (χ3v) is 1.25. The van der Waals surface area contributed by atoms with E-state index in [0.29, 0.717) is 0 Å². The van der Waals surface area contributed by atoms with Crippen molar-refractivity contribution in [2.24, 2.45) is 0 Å². The molecule has 1 rings (SSSR count). The summed E-state index contributed by atoms with van der Waals surface area (Å²) < 4.78 is 12.3. The summed E-state index contributed by atoms with van der Waals surface area (Å²) in [4.78, 5) is 0. The largest absolute Gasteiger partial charge is 0.225 e. The van der Waals surface area contributed by atoms with E-state index in [0.717, 1.165) is 0 Å². The van der Waals surface area contributed by atoms with Gasteiger partial charge in [-0.3, -0.25) is 0 Å². The molecular formula is C7H8FO. The van der Waals surface area contributed by atoms with Crippen LogP contribution in [0.5, 0.6) is 0 Å². The van der Waals surface area contributed by atoms with Crippen molar-refractivity contribution in [3.05, 3.63) is 24.1 Å². The molecule has 1 aliphatic rings. The van der Waals surface area contributed by atoms with Gasteiger partial charge in [-0.2, -0.15) is 0 Å². The van der Waals surface area contributed by atoms with Gasteiger partial charge in [-0.25, -0.2) is 9.50 Å². The highest BCUT2D eigenvalue weighted by molar-refractivity contribution is 5.19. The van der Waals surface area contributed by atoms with Gasteiger partial charge < -0.3 is 0 Å². The molecule has 0 aliphatic heterocycles. The van der Waals surface area contributed by atoms with Crippen molar-refractivity contribution in [1.82, 2.24) is 0 Å². The summed E-state index contributed by atoms with van der Waals surface area (Å²) in [5.74, 6) is -0.324. The van der Waals surface area contributed by atoms with Crippen molar-refractivity contribution in [3.63, 3.8) is 0 Å². The minimum atomic E-state index is -1.22. The molecule has 0 fully saturated rings. The summed E-state index contributed by atoms with van der Waals surface area (Å²) in [5, 5.41) is 11.0. The normalized spacial score (nSPS) is 34.3. The van der Waals surface area contributed by atoms with Crippen LogP contribution in [0.3, 0.4) is 0 Å². The minimum Gasteiger partial charge on any atom is -0.225 e. The number of halogens is 1. The van der Waals surface area contributed by atoms with E-state index in [9.17, 15) is 9.50 Å². The van der Waals surface area contributed by atoms with Crippen molar-refractivity contribution in [2.75, 3.05) is 0 Å². The van der Waals surface area contributed by atoms with Crippen molar-refractivity contribution in [1.29, 1.82) is 0 Å². The first kappa shape index (κ1) is 6.49. The van der Waals surface area contributed by atoms with Crippen LogP contribution in [0.15, 0.2) is 24.1 Å². The molecule has 0 bridgehead atoms. The number of hydrogen-bond donors (Lipinski definition) is 0. The fourth-order valence-corrected chi connectivity index (χ4v) is 0.809. The molecule has 0 heterocycles. The second-order valence-corrected chi connectivity index (χ2v) is 2.46. The average Bonchev–Trinajstić information content (AvgIpc) is 1.60. The fraction of sp³-hybridized carbons (Fsp3) is 0.429. The lowest BCUT2D eigenvalue weighted by Gasteiger charge is -2.16. The molecule has 0 aromatic rings. The van der Waals surface area contributed by atoms with Crippen LogP contribution in [0.4, 0.5) is 4.39 Å². The molecule has 9 heavy (non-hydrogen) atoms. The Bertz CT molecular complexity index is 168. The maximum Gasteiger partial charge on any atom is 0.125 e. The summed E-state index contributed by atoms with van der Waals surface area (Å²) in [6.45, 7) is 1.47. The van der Waals surface area contributed by atoms with E-state index in [-0.39, 0.29) is 12.2 Å². The van der Waals surface area contributed by atoms with E-state index in [1.54, 1.807) is 0 Å². The molecular weight excluding hydrogens is 119 g/mol. The van der Waals surface area contributed by atoms with Gasteiger partial charge in [0.2, 0.25) is 0 Å². The smallest absolute Gasteiger partial charge is 0.125 e. The van der Waals surface area contributed by atoms with Gasteiger partial charge in [0.1, 0.15) is 11.4 Å². The molecule has 0 saturated heterocycles. The fourth-order valence-electron chi connectivity index (χ4n) is 0.809. The molecule has 1 atom stereocenters. The van der Waals surface area contributed by atoms with Crippen LogP contribution >= 0.6 is 0 Å². The Kier molecular flexibility index (Phi) is 1.41. The molecule has 49 valence electrons. The van der Waals surface area contributed by atoms with Crippen molar-refractivity contribution in [2.45, 2.75) is 18.9 Å². The molecule has 0 N–H and O–H groups in total. The summed E-state index contributed by atoms with van der Waals surface area (Å²) in [5.41, 5.74) is -1.22. The Morgan fingerprint density at radius 1 is 1.78 bits per heavy atom. The molecule has 1 radical (unpaired) electrons. The van der Waals surface area contributed by atoms with Crippen molar-refractivity contribution in [3.8, 4) is 0 Å². The lowest BCUT2D eigenvalue weighted by molar-refractivity contribution is 0.0263. The highest BCUT2D eigenvalue weighted by Gasteiger charge is 2.22. The second-order valence-electron chi connectivity index (χ2n) is 2.46. The zero-order valence-corrected chi connectivity index (χ0v) is 5.23. The van der Waals surface area contributed by atoms with Gasteiger partial charge in [0.15, 0.2) is 0 Å². The number of rotatable bonds is 0. The summed E-state index contributed by atoms with van der Waals surface area (Å²) in [7, 11) is 0. The van der Waals surface area contributed by atoms with Crippen molar-refractivity contribution >= 4 is 0 Å². The quantitative estimate of drug-likeness (QED) is 0.474. The Hall–Kier alpha value is -0.630. The number of allylic oxidation sites excluding steroid dienone is 2. The van der Waals surface area contributed by atoms with Crippen molar-refractivity contribution < 1.29 is 9.50 Å². The lowest BCUT2D eigenvalue weighted by Crippen LogP contribution is -2.20. The van der Waals surface area contributed by atoms with Gasteiger partial charge in [-0.15, -0.1) is 0 Å². The van der Waals surface area contributed by atoms with Crippen LogP contribution in [-0.4, -0.2) is 5.60 Å². The third-order valence-electron chi connectivity index (χ3n) is 1.25. The first-order valence-electron chi connectivity index (χ1n) is 2.84. The van der Waals surface area contributed by atoms with Gasteiger partial charge in [-0.1, -0.05) is 6.08 Å². The second kappa shape index (κ2) is 1.95. The Morgan fingerprint density at radius 3 is 2.78 bits per heavy atom. The molecule has 0 aromatic heterocycles. The summed E-state index contributed by atoms with van der Waals surface area (Å²) >= 11 is 0. The zero-order valence-electron chi connectivity index (χ0n) is 5.23. The molecule has 0 saturated carbocycles. The topological polar surface area (TPSA) is 19.9 Å². The van der Waals surface area contributed by atoms with E-state index in [1.165, 1.54) is 25.2 Å². The van der Waals surface area contributed by atoms with Crippen LogP contribution in [0.1, 0.15) is 13.3 Å². The molecule has 2 heteroatoms. The van der Waals surface area contributed by atoms with Crippen LogP contribution in [0.25, 0.3) is 0 Å². The molecule has 1 nitrogen and oxygen atoms in total. The van der Waals surface area contributed by atoms with E-state index in [1.807, 2.05) is 0 Å². The molecule has 1 unspecified atom stereocenters. The Balaban J connectivity index is 2.73. The minimum absolute atomic E-state index is 0.0104. The maximum atomic E-state index is 12.3. The monoisotopic (exact) mass is 127 g/mol. The molecule has 0 amide bonds. The van der Waals surface area contributed by atoms with E-state index >= 15 is 0 Å². The first-order valence-corrected chi connectivity index (χ1v) is 2.84. The van der Waals surface area contributed by atoms with Crippen LogP contribution < -0.4 is 0 Å². The summed E-state index contributed by atoms with van der Waals surface area (Å²) in [6.07, 6.45) is 4.24. The maximum absolute atomic E-state index is 12.3. The van der Waals surface area contributed by atoms with E-state index in [4.69, 9.17) is 0 Å². The van der Waals surface area contributed by atoms with Gasteiger partial charge in [0.25, 0.3) is 0 Å². The van der Waals surface area contributed by atoms with Crippen LogP contribution in [0, 0.1) is 0 Å². The lowest BCUT2D eigenvalue weighted by atomic mass is 9.97. The van der Waals surface area contributed by atoms with E-state index < -0.39 is 5.60 Å². The molecule has 1 aliphatic carbocycles. The Labute approximate surface area is 53.5 Å². The average molecular weight is 127 g/mol. The van der Waals surface area contributed by atoms with Crippen LogP contribution in [0.2, 0.25) is 0 Å². The predicted molar refractivity (Wildman–Crippen MR) is 32.0 cm³/mol. The third kappa shape index (κ3) is 1.64. The number of hydrogen-bond acceptors (Lipinski definition) is 0. The van der Waals surface area contributed by atoms with E-state index in [2.05, 4.69) is 0 Å². The van der Waals surface area contributed by atoms with Crippen LogP contribution in [-0.2, 0) is 5.11 Å². The summed E-state index contributed by atoms with van der Waals surface area (Å²) in [6, 6.07) is 0. The standard InChI is InChI=1S/C7H8FO/c1-7(9)4-2-3-6(8)5-7/h2-4H,5H2,1H3. The highest BCUT2D eigenvalue weighted by Crippen LogP contribution is 2.23. The first-order chi connectivity index (χ1) is 4.10. The zero-order chi connectivity index (χ0) is 6.91. The highest BCUT2D eigenvalue weighted by atomic mass is 19.1. The Morgan fingerprint density at radius 2 is 2.44 bits per heavy atom. The predicted octanol–water partition coefficient (Wildman–Crippen LogP) is 1.99.